The minimum Gasteiger partial charge on any atom is -0.466 e. The van der Waals surface area contributed by atoms with Crippen molar-refractivity contribution in [1.29, 1.82) is 0 Å². The number of hydrogen-bond donors (Lipinski definition) is 0. The van der Waals surface area contributed by atoms with Crippen LogP contribution in [0.2, 0.25) is 0 Å². The smallest absolute Gasteiger partial charge is 0.409 e. The summed E-state index contributed by atoms with van der Waals surface area (Å²) in [6, 6.07) is 10.0. The molecule has 6 heteroatoms. The number of esters is 1. The number of amides is 1. The van der Waals surface area contributed by atoms with Crippen LogP contribution in [0.5, 0.6) is 0 Å². The van der Waals surface area contributed by atoms with Gasteiger partial charge in [-0.3, -0.25) is 9.59 Å². The number of rotatable bonds is 7. The summed E-state index contributed by atoms with van der Waals surface area (Å²) in [7, 11) is 1.37. The Morgan fingerprint density at radius 2 is 1.86 bits per heavy atom. The third kappa shape index (κ3) is 5.57. The molecular formula is C22H31NO5. The number of nitrogens with zero attached hydrogens (tertiary/aromatic N) is 1. The van der Waals surface area contributed by atoms with Gasteiger partial charge < -0.3 is 14.4 Å². The summed E-state index contributed by atoms with van der Waals surface area (Å²) in [5.74, 6) is -0.837. The van der Waals surface area contributed by atoms with Crippen molar-refractivity contribution >= 4 is 17.8 Å². The minimum atomic E-state index is -0.482. The number of carbonyl (C=O) groups is 3. The van der Waals surface area contributed by atoms with E-state index < -0.39 is 5.97 Å². The van der Waals surface area contributed by atoms with Gasteiger partial charge in [0.15, 0.2) is 0 Å². The second-order valence-corrected chi connectivity index (χ2v) is 7.94. The Labute approximate surface area is 167 Å². The summed E-state index contributed by atoms with van der Waals surface area (Å²) in [4.78, 5) is 38.3. The van der Waals surface area contributed by atoms with Crippen LogP contribution in [0.4, 0.5) is 4.79 Å². The molecule has 1 heterocycles. The first-order valence-electron chi connectivity index (χ1n) is 9.87. The maximum Gasteiger partial charge on any atom is 0.409 e. The van der Waals surface area contributed by atoms with Gasteiger partial charge in [-0.2, -0.15) is 0 Å². The first-order valence-corrected chi connectivity index (χ1v) is 9.87. The van der Waals surface area contributed by atoms with Crippen molar-refractivity contribution in [3.63, 3.8) is 0 Å². The van der Waals surface area contributed by atoms with E-state index in [-0.39, 0.29) is 42.3 Å². The zero-order chi connectivity index (χ0) is 20.7. The highest BCUT2D eigenvalue weighted by Crippen LogP contribution is 2.35. The van der Waals surface area contributed by atoms with Crippen LogP contribution < -0.4 is 0 Å². The lowest BCUT2D eigenvalue weighted by Gasteiger charge is -2.41. The first-order chi connectivity index (χ1) is 13.3. The molecule has 1 amide bonds. The minimum absolute atomic E-state index is 0.106. The molecule has 2 atom stereocenters. The van der Waals surface area contributed by atoms with Gasteiger partial charge in [0.2, 0.25) is 0 Å². The number of Topliss-reactive ketones (excluding diaryl/α,β-unsaturated/α-hetero) is 1. The Morgan fingerprint density at radius 3 is 2.46 bits per heavy atom. The zero-order valence-electron chi connectivity index (χ0n) is 17.3. The lowest BCUT2D eigenvalue weighted by atomic mass is 9.75. The molecule has 0 unspecified atom stereocenters. The van der Waals surface area contributed by atoms with Gasteiger partial charge in [0.25, 0.3) is 0 Å². The number of carbonyl (C=O) groups excluding carboxylic acids is 3. The van der Waals surface area contributed by atoms with Gasteiger partial charge in [0.05, 0.1) is 13.7 Å². The third-order valence-corrected chi connectivity index (χ3v) is 5.51. The number of benzene rings is 1. The molecule has 0 aliphatic carbocycles. The fraction of sp³-hybridized carbons (Fsp3) is 0.591. The SMILES string of the molecule is CCOC(=O)CC(=O)[C@@H]1CCN(C(=O)OC)[C@@H](CC(C)(C)c2ccccc2)C1. The van der Waals surface area contributed by atoms with E-state index >= 15 is 0 Å². The number of ketones is 1. The van der Waals surface area contributed by atoms with Crippen LogP contribution >= 0.6 is 0 Å². The molecule has 28 heavy (non-hydrogen) atoms. The summed E-state index contributed by atoms with van der Waals surface area (Å²) >= 11 is 0. The van der Waals surface area contributed by atoms with Crippen LogP contribution in [0.25, 0.3) is 0 Å². The Kier molecular flexibility index (Phi) is 7.61. The molecule has 0 aromatic heterocycles. The number of likely N-dealkylation sites (tertiary alicyclic amines) is 1. The van der Waals surface area contributed by atoms with E-state index in [1.54, 1.807) is 11.8 Å². The first kappa shape index (κ1) is 21.9. The molecule has 154 valence electrons. The molecule has 6 nitrogen and oxygen atoms in total. The average molecular weight is 389 g/mol. The van der Waals surface area contributed by atoms with Crippen LogP contribution in [-0.2, 0) is 24.5 Å². The third-order valence-electron chi connectivity index (χ3n) is 5.51. The summed E-state index contributed by atoms with van der Waals surface area (Å²) in [6.07, 6.45) is 1.20. The van der Waals surface area contributed by atoms with Gasteiger partial charge in [-0.05, 0) is 37.2 Å². The van der Waals surface area contributed by atoms with E-state index in [4.69, 9.17) is 9.47 Å². The van der Waals surface area contributed by atoms with Crippen molar-refractivity contribution in [2.75, 3.05) is 20.3 Å². The second kappa shape index (κ2) is 9.71. The number of hydrogen-bond acceptors (Lipinski definition) is 5. The predicted molar refractivity (Wildman–Crippen MR) is 106 cm³/mol. The van der Waals surface area contributed by atoms with E-state index in [9.17, 15) is 14.4 Å². The van der Waals surface area contributed by atoms with Gasteiger partial charge in [0, 0.05) is 18.5 Å². The van der Waals surface area contributed by atoms with Crippen molar-refractivity contribution in [2.24, 2.45) is 5.92 Å². The molecule has 1 aromatic rings. The lowest BCUT2D eigenvalue weighted by molar-refractivity contribution is -0.146. The van der Waals surface area contributed by atoms with Crippen LogP contribution in [0.3, 0.4) is 0 Å². The lowest BCUT2D eigenvalue weighted by Crippen LogP contribution is -2.49. The molecule has 1 fully saturated rings. The van der Waals surface area contributed by atoms with Gasteiger partial charge >= 0.3 is 12.1 Å². The Hall–Kier alpha value is -2.37. The van der Waals surface area contributed by atoms with Crippen molar-refractivity contribution in [1.82, 2.24) is 4.90 Å². The molecule has 0 saturated carbocycles. The molecule has 1 aliphatic heterocycles. The van der Waals surface area contributed by atoms with Crippen LogP contribution in [0.15, 0.2) is 30.3 Å². The highest BCUT2D eigenvalue weighted by Gasteiger charge is 2.38. The Bertz CT molecular complexity index is 685. The summed E-state index contributed by atoms with van der Waals surface area (Å²) < 4.78 is 9.86. The molecule has 1 aliphatic rings. The van der Waals surface area contributed by atoms with E-state index in [1.807, 2.05) is 18.2 Å². The van der Waals surface area contributed by atoms with Gasteiger partial charge in [0.1, 0.15) is 12.2 Å². The molecule has 0 radical (unpaired) electrons. The summed E-state index contributed by atoms with van der Waals surface area (Å²) in [6.45, 7) is 6.71. The van der Waals surface area contributed by atoms with Crippen LogP contribution in [0.1, 0.15) is 52.0 Å². The Morgan fingerprint density at radius 1 is 1.18 bits per heavy atom. The van der Waals surface area contributed by atoms with E-state index in [2.05, 4.69) is 26.0 Å². The fourth-order valence-corrected chi connectivity index (χ4v) is 3.99. The zero-order valence-corrected chi connectivity index (χ0v) is 17.3. The fourth-order valence-electron chi connectivity index (χ4n) is 3.99. The molecule has 2 rings (SSSR count). The van der Waals surface area contributed by atoms with Gasteiger partial charge in [-0.1, -0.05) is 44.2 Å². The average Bonchev–Trinajstić information content (AvgIpc) is 2.68. The van der Waals surface area contributed by atoms with Crippen LogP contribution in [0, 0.1) is 5.92 Å². The summed E-state index contributed by atoms with van der Waals surface area (Å²) in [5, 5.41) is 0. The standard InChI is InChI=1S/C22H31NO5/c1-5-28-20(25)14-19(24)16-11-12-23(21(26)27-4)18(13-16)15-22(2,3)17-9-7-6-8-10-17/h6-10,16,18H,5,11-15H2,1-4H3/t16-,18-/m1/s1. The van der Waals surface area contributed by atoms with Crippen molar-refractivity contribution in [3.05, 3.63) is 35.9 Å². The van der Waals surface area contributed by atoms with Crippen LogP contribution in [-0.4, -0.2) is 49.0 Å². The maximum atomic E-state index is 12.6. The monoisotopic (exact) mass is 389 g/mol. The molecule has 0 spiro atoms. The molecule has 0 bridgehead atoms. The van der Waals surface area contributed by atoms with E-state index in [0.717, 1.165) is 0 Å². The number of ether oxygens (including phenoxy) is 2. The van der Waals surface area contributed by atoms with Crippen molar-refractivity contribution in [2.45, 2.75) is 57.9 Å². The molecule has 1 saturated heterocycles. The second-order valence-electron chi connectivity index (χ2n) is 7.94. The van der Waals surface area contributed by atoms with Gasteiger partial charge in [-0.15, -0.1) is 0 Å². The number of piperidine rings is 1. The van der Waals surface area contributed by atoms with E-state index in [0.29, 0.717) is 25.8 Å². The summed E-state index contributed by atoms with van der Waals surface area (Å²) in [5.41, 5.74) is 1.00. The maximum absolute atomic E-state index is 12.6. The largest absolute Gasteiger partial charge is 0.466 e. The highest BCUT2D eigenvalue weighted by atomic mass is 16.5. The predicted octanol–water partition coefficient (Wildman–Crippen LogP) is 3.72. The molecular weight excluding hydrogens is 358 g/mol. The van der Waals surface area contributed by atoms with Gasteiger partial charge in [-0.25, -0.2) is 4.79 Å². The quantitative estimate of drug-likeness (QED) is 0.525. The van der Waals surface area contributed by atoms with Crippen molar-refractivity contribution in [3.8, 4) is 0 Å². The molecule has 1 aromatic carbocycles. The normalized spacial score (nSPS) is 19.8. The number of methoxy groups -OCH3 is 1. The molecule has 0 N–H and O–H groups in total. The Balaban J connectivity index is 2.14. The topological polar surface area (TPSA) is 72.9 Å². The van der Waals surface area contributed by atoms with E-state index in [1.165, 1.54) is 12.7 Å². The highest BCUT2D eigenvalue weighted by molar-refractivity contribution is 5.96. The van der Waals surface area contributed by atoms with Crippen molar-refractivity contribution < 1.29 is 23.9 Å².